The number of ether oxygens (including phenoxy) is 1. The van der Waals surface area contributed by atoms with E-state index < -0.39 is 27.6 Å². The molecule has 134 valence electrons. The Hall–Kier alpha value is -1.91. The number of halogens is 2. The molecular weight excluding hydrogens is 374 g/mol. The number of esters is 1. The average molecular weight is 388 g/mol. The summed E-state index contributed by atoms with van der Waals surface area (Å²) >= 11 is 0.816. The van der Waals surface area contributed by atoms with Gasteiger partial charge in [0.25, 0.3) is 10.0 Å². The lowest BCUT2D eigenvalue weighted by molar-refractivity contribution is 0.0590. The second-order valence-corrected chi connectivity index (χ2v) is 8.43. The van der Waals surface area contributed by atoms with Gasteiger partial charge in [0.05, 0.1) is 12.6 Å². The zero-order valence-electron chi connectivity index (χ0n) is 13.0. The van der Waals surface area contributed by atoms with E-state index in [2.05, 4.69) is 14.4 Å². The molecule has 1 heterocycles. The van der Waals surface area contributed by atoms with E-state index in [1.165, 1.54) is 17.6 Å². The predicted molar refractivity (Wildman–Crippen MR) is 85.9 cm³/mol. The zero-order valence-corrected chi connectivity index (χ0v) is 14.7. The molecule has 0 spiro atoms. The lowest BCUT2D eigenvalue weighted by Gasteiger charge is -2.35. The van der Waals surface area contributed by atoms with Crippen LogP contribution in [0.3, 0.4) is 0 Å². The number of thiazole rings is 1. The van der Waals surface area contributed by atoms with Gasteiger partial charge in [-0.2, -0.15) is 0 Å². The third kappa shape index (κ3) is 3.70. The fourth-order valence-corrected chi connectivity index (χ4v) is 5.14. The highest BCUT2D eigenvalue weighted by Gasteiger charge is 2.36. The van der Waals surface area contributed by atoms with Crippen LogP contribution in [0.1, 0.15) is 34.8 Å². The molecule has 1 aromatic heterocycles. The minimum absolute atomic E-state index is 0.126. The van der Waals surface area contributed by atoms with Crippen molar-refractivity contribution in [2.45, 2.75) is 29.0 Å². The number of aromatic nitrogens is 1. The summed E-state index contributed by atoms with van der Waals surface area (Å²) in [6.07, 6.45) is 0.822. The molecule has 0 radical (unpaired) electrons. The third-order valence-electron chi connectivity index (χ3n) is 3.97. The Kier molecular flexibility index (Phi) is 4.85. The molecule has 10 heteroatoms. The molecule has 25 heavy (non-hydrogen) atoms. The Balaban J connectivity index is 1.68. The van der Waals surface area contributed by atoms with Gasteiger partial charge in [0.1, 0.15) is 11.6 Å². The molecule has 1 fully saturated rings. The Morgan fingerprint density at radius 2 is 1.92 bits per heavy atom. The molecular formula is C15H14F2N2O4S2. The monoisotopic (exact) mass is 388 g/mol. The van der Waals surface area contributed by atoms with Crippen LogP contribution in [0.2, 0.25) is 0 Å². The first-order valence-electron chi connectivity index (χ1n) is 7.30. The summed E-state index contributed by atoms with van der Waals surface area (Å²) in [7, 11) is -2.79. The third-order valence-corrected chi connectivity index (χ3v) is 6.86. The van der Waals surface area contributed by atoms with Gasteiger partial charge < -0.3 is 4.74 Å². The zero-order chi connectivity index (χ0) is 18.2. The first-order valence-corrected chi connectivity index (χ1v) is 9.66. The Morgan fingerprint density at radius 3 is 2.52 bits per heavy atom. The lowest BCUT2D eigenvalue weighted by atomic mass is 9.76. The first kappa shape index (κ1) is 17.9. The molecule has 3 rings (SSSR count). The van der Waals surface area contributed by atoms with Crippen LogP contribution in [0.25, 0.3) is 0 Å². The largest absolute Gasteiger partial charge is 0.464 e. The molecule has 1 saturated carbocycles. The summed E-state index contributed by atoms with van der Waals surface area (Å²) in [5.41, 5.74) is 1.49. The fraction of sp³-hybridized carbons (Fsp3) is 0.333. The van der Waals surface area contributed by atoms with Crippen molar-refractivity contribution in [2.75, 3.05) is 7.11 Å². The van der Waals surface area contributed by atoms with Crippen molar-refractivity contribution in [3.05, 3.63) is 46.6 Å². The molecule has 0 unspecified atom stereocenters. The molecule has 1 aromatic carbocycles. The Bertz CT molecular complexity index is 888. The maximum absolute atomic E-state index is 13.3. The van der Waals surface area contributed by atoms with Gasteiger partial charge in [-0.3, -0.25) is 0 Å². The number of rotatable bonds is 5. The van der Waals surface area contributed by atoms with Crippen LogP contribution in [-0.2, 0) is 14.8 Å². The number of nitrogens with zero attached hydrogens (tertiary/aromatic N) is 1. The maximum atomic E-state index is 13.3. The highest BCUT2D eigenvalue weighted by molar-refractivity contribution is 7.91. The van der Waals surface area contributed by atoms with Gasteiger partial charge in [0, 0.05) is 12.1 Å². The summed E-state index contributed by atoms with van der Waals surface area (Å²) in [6, 6.07) is 2.91. The van der Waals surface area contributed by atoms with Crippen molar-refractivity contribution < 1.29 is 26.7 Å². The van der Waals surface area contributed by atoms with E-state index in [1.54, 1.807) is 0 Å². The van der Waals surface area contributed by atoms with Gasteiger partial charge in [0.15, 0.2) is 9.90 Å². The number of benzene rings is 1. The first-order chi connectivity index (χ1) is 11.8. The number of methoxy groups -OCH3 is 1. The molecule has 6 nitrogen and oxygen atoms in total. The van der Waals surface area contributed by atoms with Crippen LogP contribution >= 0.6 is 11.3 Å². The van der Waals surface area contributed by atoms with Gasteiger partial charge in [-0.15, -0.1) is 11.3 Å². The number of carbonyl (C=O) groups excluding carboxylic acids is 1. The Labute approximate surface area is 146 Å². The summed E-state index contributed by atoms with van der Waals surface area (Å²) in [6.45, 7) is 0. The van der Waals surface area contributed by atoms with Crippen LogP contribution in [-0.4, -0.2) is 32.5 Å². The predicted octanol–water partition coefficient (Wildman–Crippen LogP) is 2.43. The van der Waals surface area contributed by atoms with Crippen molar-refractivity contribution in [3.63, 3.8) is 0 Å². The maximum Gasteiger partial charge on any atom is 0.358 e. The number of hydrogen-bond donors (Lipinski definition) is 1. The van der Waals surface area contributed by atoms with E-state index in [0.29, 0.717) is 18.4 Å². The van der Waals surface area contributed by atoms with Crippen molar-refractivity contribution >= 4 is 27.3 Å². The summed E-state index contributed by atoms with van der Waals surface area (Å²) in [5, 5.41) is 0. The van der Waals surface area contributed by atoms with Gasteiger partial charge in [-0.05, 0) is 36.5 Å². The molecule has 0 aliphatic heterocycles. The summed E-state index contributed by atoms with van der Waals surface area (Å²) in [5.74, 6) is -2.28. The topological polar surface area (TPSA) is 85.4 Å². The summed E-state index contributed by atoms with van der Waals surface area (Å²) < 4.78 is 58.1. The SMILES string of the molecule is COC(=O)c1ncsc1S(=O)(=O)NC1CC(c2cc(F)cc(F)c2)C1. The molecule has 0 amide bonds. The van der Waals surface area contributed by atoms with E-state index >= 15 is 0 Å². The molecule has 0 bridgehead atoms. The van der Waals surface area contributed by atoms with Gasteiger partial charge in [0.2, 0.25) is 0 Å². The van der Waals surface area contributed by atoms with Crippen LogP contribution in [0, 0.1) is 11.6 Å². The highest BCUT2D eigenvalue weighted by atomic mass is 32.2. The molecule has 1 aliphatic rings. The molecule has 1 aliphatic carbocycles. The minimum Gasteiger partial charge on any atom is -0.464 e. The van der Waals surface area contributed by atoms with E-state index in [-0.39, 0.29) is 21.9 Å². The van der Waals surface area contributed by atoms with Gasteiger partial charge in [-0.25, -0.2) is 31.7 Å². The molecule has 1 N–H and O–H groups in total. The van der Waals surface area contributed by atoms with E-state index in [0.717, 1.165) is 24.5 Å². The van der Waals surface area contributed by atoms with E-state index in [1.807, 2.05) is 0 Å². The standard InChI is InChI=1S/C15H14F2N2O4S2/c1-23-14(20)13-15(24-7-18-13)25(21,22)19-12-4-9(5-12)8-2-10(16)6-11(17)3-8/h2-3,6-7,9,12,19H,4-5H2,1H3. The molecule has 2 aromatic rings. The molecule has 0 saturated heterocycles. The van der Waals surface area contributed by atoms with Crippen molar-refractivity contribution in [2.24, 2.45) is 0 Å². The number of sulfonamides is 1. The summed E-state index contributed by atoms with van der Waals surface area (Å²) in [4.78, 5) is 15.3. The quantitative estimate of drug-likeness (QED) is 0.795. The van der Waals surface area contributed by atoms with Crippen molar-refractivity contribution in [3.8, 4) is 0 Å². The number of nitrogens with one attached hydrogen (secondary N) is 1. The van der Waals surface area contributed by atoms with Crippen LogP contribution in [0.4, 0.5) is 8.78 Å². The number of carbonyl (C=O) groups is 1. The van der Waals surface area contributed by atoms with E-state index in [9.17, 15) is 22.0 Å². The minimum atomic E-state index is -3.93. The van der Waals surface area contributed by atoms with Gasteiger partial charge >= 0.3 is 5.97 Å². The van der Waals surface area contributed by atoms with E-state index in [4.69, 9.17) is 0 Å². The lowest BCUT2D eigenvalue weighted by Crippen LogP contribution is -2.43. The number of hydrogen-bond acceptors (Lipinski definition) is 6. The van der Waals surface area contributed by atoms with Crippen molar-refractivity contribution in [1.29, 1.82) is 0 Å². The van der Waals surface area contributed by atoms with Crippen molar-refractivity contribution in [1.82, 2.24) is 9.71 Å². The van der Waals surface area contributed by atoms with Crippen LogP contribution in [0.5, 0.6) is 0 Å². The average Bonchev–Trinajstić information content (AvgIpc) is 2.99. The fourth-order valence-electron chi connectivity index (χ4n) is 2.73. The van der Waals surface area contributed by atoms with Crippen LogP contribution < -0.4 is 4.72 Å². The Morgan fingerprint density at radius 1 is 1.28 bits per heavy atom. The second-order valence-electron chi connectivity index (χ2n) is 5.67. The highest BCUT2D eigenvalue weighted by Crippen LogP contribution is 2.38. The normalized spacial score (nSPS) is 20.1. The second kappa shape index (κ2) is 6.77. The molecule has 0 atom stereocenters. The van der Waals surface area contributed by atoms with Gasteiger partial charge in [-0.1, -0.05) is 0 Å². The van der Waals surface area contributed by atoms with Crippen LogP contribution in [0.15, 0.2) is 27.9 Å². The smallest absolute Gasteiger partial charge is 0.358 e.